The zero-order chi connectivity index (χ0) is 24.4. The van der Waals surface area contributed by atoms with Crippen LogP contribution in [0.15, 0.2) is 121 Å². The fourth-order valence-corrected chi connectivity index (χ4v) is 9.95. The first-order valence-electron chi connectivity index (χ1n) is 10.6. The van der Waals surface area contributed by atoms with E-state index in [2.05, 4.69) is 121 Å². The monoisotopic (exact) mass is 542 g/mol. The maximum absolute atomic E-state index is 9.75. The first kappa shape index (κ1) is 26.6. The fraction of sp³-hybridized carbons (Fsp3) is 0.0769. The molecule has 0 aliphatic carbocycles. The van der Waals surface area contributed by atoms with Crippen molar-refractivity contribution in [2.75, 3.05) is 6.16 Å². The van der Waals surface area contributed by atoms with E-state index in [1.54, 1.807) is 0 Å². The summed E-state index contributed by atoms with van der Waals surface area (Å²) in [5.41, 5.74) is 0. The van der Waals surface area contributed by atoms with Crippen molar-refractivity contribution < 1.29 is 32.7 Å². The van der Waals surface area contributed by atoms with E-state index in [9.17, 15) is 17.3 Å². The van der Waals surface area contributed by atoms with E-state index in [4.69, 9.17) is 15.5 Å². The third-order valence-corrected chi connectivity index (χ3v) is 11.3. The van der Waals surface area contributed by atoms with Gasteiger partial charge in [0.2, 0.25) is 0 Å². The molecule has 0 bridgehead atoms. The zero-order valence-corrected chi connectivity index (χ0v) is 20.9. The van der Waals surface area contributed by atoms with E-state index in [0.29, 0.717) is 0 Å². The Bertz CT molecular complexity index is 1020. The molecule has 4 aromatic carbocycles. The van der Waals surface area contributed by atoms with Crippen LogP contribution in [0, 0.1) is 0 Å². The minimum absolute atomic E-state index is 0.210. The van der Waals surface area contributed by atoms with Crippen LogP contribution in [-0.2, 0) is 15.5 Å². The Labute approximate surface area is 208 Å². The van der Waals surface area contributed by atoms with Gasteiger partial charge in [-0.1, -0.05) is 0 Å². The van der Waals surface area contributed by atoms with Gasteiger partial charge in [-0.15, -0.1) is 0 Å². The number of hydrogen-bond acceptors (Lipinski definition) is 0. The van der Waals surface area contributed by atoms with E-state index in [-0.39, 0.29) is 4.63 Å². The summed E-state index contributed by atoms with van der Waals surface area (Å²) in [7, 11) is -7.06. The third kappa shape index (κ3) is 8.66. The Morgan fingerprint density at radius 3 is 1.09 bits per heavy atom. The summed E-state index contributed by atoms with van der Waals surface area (Å²) in [5, 5.41) is 5.57. The molecule has 0 amide bonds. The Hall–Kier alpha value is -1.98. The van der Waals surface area contributed by atoms with E-state index in [1.807, 2.05) is 0 Å². The summed E-state index contributed by atoms with van der Waals surface area (Å²) in [6, 6.07) is 43.5. The fourth-order valence-electron chi connectivity index (χ4n) is 3.43. The van der Waals surface area contributed by atoms with Crippen LogP contribution in [0.25, 0.3) is 0 Å². The van der Waals surface area contributed by atoms with Crippen LogP contribution in [0.5, 0.6) is 0 Å². The third-order valence-electron chi connectivity index (χ3n) is 4.79. The van der Waals surface area contributed by atoms with Gasteiger partial charge >= 0.3 is 192 Å². The van der Waals surface area contributed by atoms with Gasteiger partial charge in [0.05, 0.1) is 0 Å². The Morgan fingerprint density at radius 2 is 0.794 bits per heavy atom. The second-order valence-corrected chi connectivity index (χ2v) is 12.9. The molecule has 8 heteroatoms. The molecule has 0 fully saturated rings. The minimum atomic E-state index is -6.00. The molecule has 1 atom stereocenters. The van der Waals surface area contributed by atoms with Gasteiger partial charge in [-0.2, -0.15) is 0 Å². The molecule has 4 aromatic rings. The predicted octanol–water partition coefficient (Wildman–Crippen LogP) is 6.43. The SMILES string of the molecule is F[B-](F)(F)F.[Ni][CH](CP(c1ccccc1)c1ccccc1)P(c1ccccc1)c1ccccc1. The second-order valence-electron chi connectivity index (χ2n) is 7.21. The molecule has 0 heterocycles. The Kier molecular flexibility index (Phi) is 10.3. The van der Waals surface area contributed by atoms with Crippen LogP contribution in [0.1, 0.15) is 0 Å². The Balaban J connectivity index is 0.000000588. The average Bonchev–Trinajstić information content (AvgIpc) is 2.84. The summed E-state index contributed by atoms with van der Waals surface area (Å²) in [6.07, 6.45) is 1.03. The summed E-state index contributed by atoms with van der Waals surface area (Å²) >= 11 is 5.86. The van der Waals surface area contributed by atoms with Gasteiger partial charge in [0.25, 0.3) is 0 Å². The van der Waals surface area contributed by atoms with Crippen LogP contribution >= 0.6 is 15.8 Å². The van der Waals surface area contributed by atoms with Crippen molar-refractivity contribution in [1.82, 2.24) is 0 Å². The number of hydrogen-bond donors (Lipinski definition) is 0. The quantitative estimate of drug-likeness (QED) is 0.144. The van der Waals surface area contributed by atoms with E-state index < -0.39 is 23.1 Å². The molecule has 4 rings (SSSR count). The molecular formula is C26H23BF4NiP2-. The predicted molar refractivity (Wildman–Crippen MR) is 137 cm³/mol. The second kappa shape index (κ2) is 13.2. The van der Waals surface area contributed by atoms with Crippen molar-refractivity contribution in [2.45, 2.75) is 4.63 Å². The molecule has 0 radical (unpaired) electrons. The average molecular weight is 543 g/mol. The van der Waals surface area contributed by atoms with Gasteiger partial charge in [-0.25, -0.2) is 0 Å². The number of benzene rings is 4. The van der Waals surface area contributed by atoms with Crippen LogP contribution in [0.2, 0.25) is 0 Å². The van der Waals surface area contributed by atoms with Crippen LogP contribution < -0.4 is 21.2 Å². The molecule has 34 heavy (non-hydrogen) atoms. The molecule has 0 nitrogen and oxygen atoms in total. The van der Waals surface area contributed by atoms with Crippen LogP contribution in [0.4, 0.5) is 17.3 Å². The first-order chi connectivity index (χ1) is 16.3. The summed E-state index contributed by atoms with van der Waals surface area (Å²) < 4.78 is 39.2. The molecular weight excluding hydrogens is 520 g/mol. The van der Waals surface area contributed by atoms with Crippen molar-refractivity contribution in [3.05, 3.63) is 121 Å². The van der Waals surface area contributed by atoms with Gasteiger partial charge in [0, 0.05) is 0 Å². The van der Waals surface area contributed by atoms with Gasteiger partial charge in [0.1, 0.15) is 0 Å². The van der Waals surface area contributed by atoms with Gasteiger partial charge in [-0.05, 0) is 0 Å². The molecule has 0 aromatic heterocycles. The van der Waals surface area contributed by atoms with Gasteiger partial charge < -0.3 is 17.3 Å². The first-order valence-corrected chi connectivity index (χ1v) is 14.1. The molecule has 0 saturated carbocycles. The molecule has 0 aliphatic rings. The summed E-state index contributed by atoms with van der Waals surface area (Å²) in [4.78, 5) is 0. The van der Waals surface area contributed by atoms with Crippen molar-refractivity contribution >= 4 is 44.3 Å². The summed E-state index contributed by atoms with van der Waals surface area (Å²) in [5.74, 6) is 0. The Morgan fingerprint density at radius 1 is 0.529 bits per heavy atom. The van der Waals surface area contributed by atoms with Gasteiger partial charge in [0.15, 0.2) is 0 Å². The van der Waals surface area contributed by atoms with Gasteiger partial charge in [-0.3, -0.25) is 0 Å². The number of halogens is 4. The van der Waals surface area contributed by atoms with Crippen molar-refractivity contribution in [3.63, 3.8) is 0 Å². The van der Waals surface area contributed by atoms with E-state index in [0.717, 1.165) is 6.16 Å². The maximum atomic E-state index is 9.75. The van der Waals surface area contributed by atoms with E-state index >= 15 is 0 Å². The van der Waals surface area contributed by atoms with Crippen LogP contribution in [0.3, 0.4) is 0 Å². The van der Waals surface area contributed by atoms with Crippen molar-refractivity contribution in [1.29, 1.82) is 0 Å². The van der Waals surface area contributed by atoms with Crippen molar-refractivity contribution in [2.24, 2.45) is 0 Å². The molecule has 179 valence electrons. The molecule has 0 spiro atoms. The topological polar surface area (TPSA) is 0 Å². The van der Waals surface area contributed by atoms with Crippen molar-refractivity contribution in [3.8, 4) is 0 Å². The molecule has 0 aliphatic heterocycles. The summed E-state index contributed by atoms with van der Waals surface area (Å²) in [6.45, 7) is 0. The molecule has 1 unspecified atom stereocenters. The van der Waals surface area contributed by atoms with Crippen LogP contribution in [-0.4, -0.2) is 18.0 Å². The normalized spacial score (nSPS) is 12.2. The van der Waals surface area contributed by atoms with E-state index in [1.165, 1.54) is 21.2 Å². The number of rotatable bonds is 7. The molecule has 0 N–H and O–H groups in total. The standard InChI is InChI=1S/C26H23P2.BF4.Ni/c1-5-13-23(14-6-1)27(24-15-7-2-8-16-24)21-22-28(25-17-9-3-10-18-25)26-19-11-4-12-20-26;2-1(3,4)5;/h1-21H,22H2;;/q;-1;. The molecule has 0 saturated heterocycles. The zero-order valence-electron chi connectivity index (χ0n) is 18.1.